The molecule has 0 radical (unpaired) electrons. The molecule has 0 spiro atoms. The Morgan fingerprint density at radius 1 is 0.900 bits per heavy atom. The first-order valence-corrected chi connectivity index (χ1v) is 7.27. The highest BCUT2D eigenvalue weighted by Gasteiger charge is 2.34. The van der Waals surface area contributed by atoms with Crippen LogP contribution in [0.25, 0.3) is 0 Å². The van der Waals surface area contributed by atoms with E-state index in [0.29, 0.717) is 11.8 Å². The summed E-state index contributed by atoms with van der Waals surface area (Å²) >= 11 is 0. The Balaban J connectivity index is 1.79. The maximum atomic E-state index is 5.98. The molecule has 0 N–H and O–H groups in total. The number of ether oxygens (including phenoxy) is 2. The van der Waals surface area contributed by atoms with Gasteiger partial charge in [-0.05, 0) is 30.0 Å². The second-order valence-electron chi connectivity index (χ2n) is 5.32. The highest BCUT2D eigenvalue weighted by molar-refractivity contribution is 5.42. The predicted molar refractivity (Wildman–Crippen MR) is 80.1 cm³/mol. The number of hydrogen-bond acceptors (Lipinski definition) is 2. The lowest BCUT2D eigenvalue weighted by Gasteiger charge is -2.27. The van der Waals surface area contributed by atoms with Crippen LogP contribution in [0.5, 0.6) is 11.5 Å². The molecule has 0 saturated heterocycles. The van der Waals surface area contributed by atoms with Crippen molar-refractivity contribution in [2.24, 2.45) is 5.92 Å². The fourth-order valence-electron chi connectivity index (χ4n) is 2.88. The number of rotatable bonds is 4. The lowest BCUT2D eigenvalue weighted by Crippen LogP contribution is -2.32. The summed E-state index contributed by atoms with van der Waals surface area (Å²) in [6.07, 6.45) is 0.835. The summed E-state index contributed by atoms with van der Waals surface area (Å²) in [4.78, 5) is 0. The highest BCUT2D eigenvalue weighted by atomic mass is 16.7. The van der Waals surface area contributed by atoms with Gasteiger partial charge < -0.3 is 9.47 Å². The van der Waals surface area contributed by atoms with E-state index in [1.807, 2.05) is 24.3 Å². The van der Waals surface area contributed by atoms with Crippen molar-refractivity contribution in [3.05, 3.63) is 60.2 Å². The Morgan fingerprint density at radius 3 is 2.00 bits per heavy atom. The molecular formula is C18H20O2. The summed E-state index contributed by atoms with van der Waals surface area (Å²) in [6, 6.07) is 18.5. The third-order valence-electron chi connectivity index (χ3n) is 4.12. The van der Waals surface area contributed by atoms with Gasteiger partial charge in [-0.2, -0.15) is 0 Å². The molecule has 0 aromatic heterocycles. The second kappa shape index (κ2) is 5.58. The normalized spacial score (nSPS) is 16.9. The minimum Gasteiger partial charge on any atom is -0.451 e. The van der Waals surface area contributed by atoms with Crippen LogP contribution in [-0.2, 0) is 0 Å². The van der Waals surface area contributed by atoms with E-state index in [9.17, 15) is 0 Å². The SMILES string of the molecule is CCC(C1Oc2ccccc2O1)C(C)c1ccccc1. The van der Waals surface area contributed by atoms with Gasteiger partial charge in [0.25, 0.3) is 0 Å². The first-order chi connectivity index (χ1) is 9.79. The first kappa shape index (κ1) is 13.0. The Bertz CT molecular complexity index is 540. The van der Waals surface area contributed by atoms with Crippen molar-refractivity contribution in [1.29, 1.82) is 0 Å². The van der Waals surface area contributed by atoms with Gasteiger partial charge in [0.05, 0.1) is 0 Å². The Hall–Kier alpha value is -1.96. The molecule has 20 heavy (non-hydrogen) atoms. The van der Waals surface area contributed by atoms with E-state index in [-0.39, 0.29) is 6.29 Å². The van der Waals surface area contributed by atoms with E-state index in [0.717, 1.165) is 17.9 Å². The van der Waals surface area contributed by atoms with Crippen LogP contribution in [0, 0.1) is 5.92 Å². The van der Waals surface area contributed by atoms with Crippen LogP contribution in [0.3, 0.4) is 0 Å². The Morgan fingerprint density at radius 2 is 1.45 bits per heavy atom. The second-order valence-corrected chi connectivity index (χ2v) is 5.32. The number of hydrogen-bond donors (Lipinski definition) is 0. The monoisotopic (exact) mass is 268 g/mol. The van der Waals surface area contributed by atoms with E-state index in [4.69, 9.17) is 9.47 Å². The fraction of sp³-hybridized carbons (Fsp3) is 0.333. The summed E-state index contributed by atoms with van der Waals surface area (Å²) in [5.74, 6) is 2.46. The molecule has 0 aliphatic carbocycles. The van der Waals surface area contributed by atoms with Gasteiger partial charge in [-0.3, -0.25) is 0 Å². The van der Waals surface area contributed by atoms with E-state index in [1.165, 1.54) is 5.56 Å². The van der Waals surface area contributed by atoms with Crippen LogP contribution in [0.15, 0.2) is 54.6 Å². The van der Waals surface area contributed by atoms with Gasteiger partial charge in [0, 0.05) is 5.92 Å². The van der Waals surface area contributed by atoms with Crippen LogP contribution in [0.1, 0.15) is 31.7 Å². The number of benzene rings is 2. The molecule has 2 nitrogen and oxygen atoms in total. The first-order valence-electron chi connectivity index (χ1n) is 7.27. The third-order valence-corrected chi connectivity index (χ3v) is 4.12. The summed E-state index contributed by atoms with van der Waals surface area (Å²) < 4.78 is 12.0. The largest absolute Gasteiger partial charge is 0.451 e. The van der Waals surface area contributed by atoms with Crippen molar-refractivity contribution < 1.29 is 9.47 Å². The molecule has 1 aliphatic rings. The average molecular weight is 268 g/mol. The van der Waals surface area contributed by atoms with Gasteiger partial charge in [0.1, 0.15) is 0 Å². The predicted octanol–water partition coefficient (Wildman–Crippen LogP) is 4.61. The molecule has 2 atom stereocenters. The molecule has 104 valence electrons. The van der Waals surface area contributed by atoms with Crippen LogP contribution >= 0.6 is 0 Å². The lowest BCUT2D eigenvalue weighted by atomic mass is 9.85. The van der Waals surface area contributed by atoms with E-state index in [1.54, 1.807) is 0 Å². The van der Waals surface area contributed by atoms with Crippen molar-refractivity contribution in [2.45, 2.75) is 32.5 Å². The van der Waals surface area contributed by atoms with Crippen molar-refractivity contribution >= 4 is 0 Å². The quantitative estimate of drug-likeness (QED) is 0.806. The molecule has 2 unspecified atom stereocenters. The average Bonchev–Trinajstić information content (AvgIpc) is 2.92. The maximum absolute atomic E-state index is 5.98. The Labute approximate surface area is 120 Å². The molecule has 0 amide bonds. The topological polar surface area (TPSA) is 18.5 Å². The van der Waals surface area contributed by atoms with Crippen LogP contribution in [-0.4, -0.2) is 6.29 Å². The minimum absolute atomic E-state index is 0.187. The zero-order valence-corrected chi connectivity index (χ0v) is 12.0. The fourth-order valence-corrected chi connectivity index (χ4v) is 2.88. The van der Waals surface area contributed by atoms with Crippen molar-refractivity contribution in [3.63, 3.8) is 0 Å². The third kappa shape index (κ3) is 2.38. The molecule has 3 rings (SSSR count). The van der Waals surface area contributed by atoms with Gasteiger partial charge >= 0.3 is 0 Å². The van der Waals surface area contributed by atoms with Gasteiger partial charge in [-0.1, -0.05) is 56.3 Å². The standard InChI is InChI=1S/C18H20O2/c1-3-15(13(2)14-9-5-4-6-10-14)18-19-16-11-7-8-12-17(16)20-18/h4-13,15,18H,3H2,1-2H3. The number of para-hydroxylation sites is 2. The molecule has 1 aliphatic heterocycles. The molecule has 2 aromatic rings. The van der Waals surface area contributed by atoms with Gasteiger partial charge in [-0.15, -0.1) is 0 Å². The number of fused-ring (bicyclic) bond motifs is 1. The van der Waals surface area contributed by atoms with Gasteiger partial charge in [-0.25, -0.2) is 0 Å². The maximum Gasteiger partial charge on any atom is 0.244 e. The van der Waals surface area contributed by atoms with E-state index in [2.05, 4.69) is 44.2 Å². The summed E-state index contributed by atoms with van der Waals surface area (Å²) in [5, 5.41) is 0. The van der Waals surface area contributed by atoms with E-state index >= 15 is 0 Å². The lowest BCUT2D eigenvalue weighted by molar-refractivity contribution is -0.0140. The molecular weight excluding hydrogens is 248 g/mol. The van der Waals surface area contributed by atoms with Gasteiger partial charge in [0.2, 0.25) is 6.29 Å². The van der Waals surface area contributed by atoms with Crippen molar-refractivity contribution in [2.75, 3.05) is 0 Å². The minimum atomic E-state index is -0.187. The van der Waals surface area contributed by atoms with Crippen molar-refractivity contribution in [1.82, 2.24) is 0 Å². The zero-order chi connectivity index (χ0) is 13.9. The summed E-state index contributed by atoms with van der Waals surface area (Å²) in [5.41, 5.74) is 1.34. The van der Waals surface area contributed by atoms with Crippen LogP contribution < -0.4 is 9.47 Å². The molecule has 2 heteroatoms. The highest BCUT2D eigenvalue weighted by Crippen LogP contribution is 2.40. The smallest absolute Gasteiger partial charge is 0.244 e. The van der Waals surface area contributed by atoms with E-state index < -0.39 is 0 Å². The molecule has 1 heterocycles. The molecule has 0 fully saturated rings. The molecule has 0 bridgehead atoms. The Kier molecular flexibility index (Phi) is 3.64. The summed E-state index contributed by atoms with van der Waals surface area (Å²) in [7, 11) is 0. The molecule has 0 saturated carbocycles. The molecule has 2 aromatic carbocycles. The van der Waals surface area contributed by atoms with Crippen LogP contribution in [0.2, 0.25) is 0 Å². The summed E-state index contributed by atoms with van der Waals surface area (Å²) in [6.45, 7) is 4.44. The van der Waals surface area contributed by atoms with Crippen LogP contribution in [0.4, 0.5) is 0 Å². The zero-order valence-electron chi connectivity index (χ0n) is 12.0. The van der Waals surface area contributed by atoms with Crippen molar-refractivity contribution in [3.8, 4) is 11.5 Å². The van der Waals surface area contributed by atoms with Gasteiger partial charge in [0.15, 0.2) is 11.5 Å².